The Hall–Kier alpha value is -1.64. The third kappa shape index (κ3) is 1.05. The molecule has 0 spiro atoms. The first-order valence-electron chi connectivity index (χ1n) is 4.85. The average Bonchev–Trinajstić information content (AvgIpc) is 3.01. The van der Waals surface area contributed by atoms with Gasteiger partial charge in [0.25, 0.3) is 0 Å². The van der Waals surface area contributed by atoms with Gasteiger partial charge in [0.1, 0.15) is 0 Å². The van der Waals surface area contributed by atoms with Crippen LogP contribution in [0.4, 0.5) is 5.69 Å². The summed E-state index contributed by atoms with van der Waals surface area (Å²) in [5, 5.41) is 0. The second-order valence-electron chi connectivity index (χ2n) is 3.77. The molecule has 2 heterocycles. The molecule has 0 aromatic carbocycles. The Kier molecular flexibility index (Phi) is 1.48. The summed E-state index contributed by atoms with van der Waals surface area (Å²) >= 11 is 0. The summed E-state index contributed by atoms with van der Waals surface area (Å²) in [7, 11) is 0. The highest BCUT2D eigenvalue weighted by Gasteiger charge is 2.28. The van der Waals surface area contributed by atoms with Gasteiger partial charge in [-0.3, -0.25) is 9.97 Å². The van der Waals surface area contributed by atoms with Crippen molar-refractivity contribution in [2.24, 2.45) is 0 Å². The molecule has 2 N–H and O–H groups in total. The first kappa shape index (κ1) is 7.74. The summed E-state index contributed by atoms with van der Waals surface area (Å²) in [6.07, 6.45) is 6.02. The Balaban J connectivity index is 2.37. The van der Waals surface area contributed by atoms with Gasteiger partial charge in [0.05, 0.1) is 22.9 Å². The molecule has 14 heavy (non-hydrogen) atoms. The zero-order valence-corrected chi connectivity index (χ0v) is 7.77. The van der Waals surface area contributed by atoms with Crippen LogP contribution in [-0.2, 0) is 0 Å². The highest BCUT2D eigenvalue weighted by atomic mass is 14.8. The van der Waals surface area contributed by atoms with Crippen molar-refractivity contribution in [1.82, 2.24) is 9.97 Å². The molecule has 1 aliphatic rings. The Labute approximate surface area is 82.0 Å². The second-order valence-corrected chi connectivity index (χ2v) is 3.77. The zero-order valence-electron chi connectivity index (χ0n) is 7.77. The second kappa shape index (κ2) is 2.67. The quantitative estimate of drug-likeness (QED) is 0.740. The van der Waals surface area contributed by atoms with Gasteiger partial charge in [0.2, 0.25) is 0 Å². The molecule has 1 aliphatic carbocycles. The third-order valence-corrected chi connectivity index (χ3v) is 2.68. The molecule has 2 aromatic rings. The lowest BCUT2D eigenvalue weighted by Gasteiger charge is -2.06. The number of nitrogens with two attached hydrogens (primary N) is 1. The van der Waals surface area contributed by atoms with E-state index >= 15 is 0 Å². The van der Waals surface area contributed by atoms with Crippen molar-refractivity contribution in [3.63, 3.8) is 0 Å². The van der Waals surface area contributed by atoms with Gasteiger partial charge in [-0.15, -0.1) is 0 Å². The third-order valence-electron chi connectivity index (χ3n) is 2.68. The molecule has 70 valence electrons. The van der Waals surface area contributed by atoms with Crippen LogP contribution in [0.1, 0.15) is 24.3 Å². The van der Waals surface area contributed by atoms with E-state index < -0.39 is 0 Å². The maximum absolute atomic E-state index is 5.93. The van der Waals surface area contributed by atoms with Gasteiger partial charge in [-0.25, -0.2) is 0 Å². The fourth-order valence-electron chi connectivity index (χ4n) is 1.85. The number of nitrogen functional groups attached to an aromatic ring is 1. The molecule has 0 aliphatic heterocycles. The highest BCUT2D eigenvalue weighted by Crippen LogP contribution is 2.44. The van der Waals surface area contributed by atoms with E-state index in [1.807, 2.05) is 12.1 Å². The van der Waals surface area contributed by atoms with Crippen LogP contribution >= 0.6 is 0 Å². The normalized spacial score (nSPS) is 16.0. The minimum atomic E-state index is 0.621. The van der Waals surface area contributed by atoms with Gasteiger partial charge < -0.3 is 5.73 Å². The summed E-state index contributed by atoms with van der Waals surface area (Å²) in [6, 6.07) is 3.88. The van der Waals surface area contributed by atoms with Crippen LogP contribution in [-0.4, -0.2) is 9.97 Å². The largest absolute Gasteiger partial charge is 0.397 e. The fourth-order valence-corrected chi connectivity index (χ4v) is 1.85. The minimum absolute atomic E-state index is 0.621. The molecule has 0 atom stereocenters. The summed E-state index contributed by atoms with van der Waals surface area (Å²) in [5.74, 6) is 0.621. The van der Waals surface area contributed by atoms with E-state index in [2.05, 4.69) is 9.97 Å². The standard InChI is InChI=1S/C11H11N3/c12-8-6-14-9-2-1-5-13-11(9)10(8)7-3-4-7/h1-2,5-7H,3-4,12H2. The fraction of sp³-hybridized carbons (Fsp3) is 0.273. The summed E-state index contributed by atoms with van der Waals surface area (Å²) < 4.78 is 0. The van der Waals surface area contributed by atoms with Crippen LogP contribution in [0.2, 0.25) is 0 Å². The lowest BCUT2D eigenvalue weighted by Crippen LogP contribution is -1.97. The topological polar surface area (TPSA) is 51.8 Å². The molecular weight excluding hydrogens is 174 g/mol. The van der Waals surface area contributed by atoms with Gasteiger partial charge in [-0.2, -0.15) is 0 Å². The van der Waals surface area contributed by atoms with Gasteiger partial charge in [0.15, 0.2) is 0 Å². The number of anilines is 1. The van der Waals surface area contributed by atoms with Crippen molar-refractivity contribution in [3.05, 3.63) is 30.1 Å². The summed E-state index contributed by atoms with van der Waals surface area (Å²) in [4.78, 5) is 8.62. The molecule has 3 nitrogen and oxygen atoms in total. The highest BCUT2D eigenvalue weighted by molar-refractivity contribution is 5.83. The number of pyridine rings is 2. The molecule has 2 aromatic heterocycles. The molecule has 1 saturated carbocycles. The van der Waals surface area contributed by atoms with Crippen LogP contribution in [0.25, 0.3) is 11.0 Å². The molecule has 0 bridgehead atoms. The SMILES string of the molecule is Nc1cnc2cccnc2c1C1CC1. The number of aromatic nitrogens is 2. The molecule has 0 amide bonds. The number of rotatable bonds is 1. The first-order valence-corrected chi connectivity index (χ1v) is 4.85. The van der Waals surface area contributed by atoms with Crippen LogP contribution in [0.3, 0.4) is 0 Å². The maximum Gasteiger partial charge on any atom is 0.0941 e. The maximum atomic E-state index is 5.93. The van der Waals surface area contributed by atoms with Crippen LogP contribution in [0.15, 0.2) is 24.5 Å². The average molecular weight is 185 g/mol. The summed E-state index contributed by atoms with van der Waals surface area (Å²) in [6.45, 7) is 0. The zero-order chi connectivity index (χ0) is 9.54. The van der Waals surface area contributed by atoms with E-state index in [0.717, 1.165) is 16.7 Å². The Morgan fingerprint density at radius 2 is 2.14 bits per heavy atom. The monoisotopic (exact) mass is 185 g/mol. The molecule has 3 rings (SSSR count). The number of hydrogen-bond acceptors (Lipinski definition) is 3. The molecule has 0 unspecified atom stereocenters. The molecule has 0 saturated heterocycles. The lowest BCUT2D eigenvalue weighted by atomic mass is 10.1. The van der Waals surface area contributed by atoms with Crippen LogP contribution < -0.4 is 5.73 Å². The number of hydrogen-bond donors (Lipinski definition) is 1. The van der Waals surface area contributed by atoms with Crippen LogP contribution in [0.5, 0.6) is 0 Å². The first-order chi connectivity index (χ1) is 6.86. The molecule has 1 fully saturated rings. The number of fused-ring (bicyclic) bond motifs is 1. The Morgan fingerprint density at radius 1 is 1.29 bits per heavy atom. The van der Waals surface area contributed by atoms with Gasteiger partial charge in [-0.1, -0.05) is 0 Å². The molecule has 3 heteroatoms. The van der Waals surface area contributed by atoms with Crippen molar-refractivity contribution in [1.29, 1.82) is 0 Å². The molecular formula is C11H11N3. The van der Waals surface area contributed by atoms with Gasteiger partial charge in [-0.05, 0) is 30.9 Å². The van der Waals surface area contributed by atoms with Gasteiger partial charge >= 0.3 is 0 Å². The van der Waals surface area contributed by atoms with Crippen molar-refractivity contribution >= 4 is 16.7 Å². The summed E-state index contributed by atoms with van der Waals surface area (Å²) in [5.41, 5.74) is 9.85. The predicted octanol–water partition coefficient (Wildman–Crippen LogP) is 2.09. The van der Waals surface area contributed by atoms with Gasteiger partial charge in [0, 0.05) is 11.8 Å². The van der Waals surface area contributed by atoms with E-state index in [0.29, 0.717) is 5.92 Å². The van der Waals surface area contributed by atoms with Crippen molar-refractivity contribution in [2.75, 3.05) is 5.73 Å². The van der Waals surface area contributed by atoms with Crippen molar-refractivity contribution < 1.29 is 0 Å². The Morgan fingerprint density at radius 3 is 2.93 bits per heavy atom. The van der Waals surface area contributed by atoms with E-state index in [1.165, 1.54) is 18.4 Å². The van der Waals surface area contributed by atoms with E-state index in [-0.39, 0.29) is 0 Å². The minimum Gasteiger partial charge on any atom is -0.397 e. The van der Waals surface area contributed by atoms with E-state index in [1.54, 1.807) is 12.4 Å². The lowest BCUT2D eigenvalue weighted by molar-refractivity contribution is 1.13. The molecule has 0 radical (unpaired) electrons. The van der Waals surface area contributed by atoms with Crippen molar-refractivity contribution in [2.45, 2.75) is 18.8 Å². The smallest absolute Gasteiger partial charge is 0.0941 e. The number of nitrogens with zero attached hydrogens (tertiary/aromatic N) is 2. The van der Waals surface area contributed by atoms with E-state index in [9.17, 15) is 0 Å². The van der Waals surface area contributed by atoms with Crippen LogP contribution in [0, 0.1) is 0 Å². The van der Waals surface area contributed by atoms with Crippen molar-refractivity contribution in [3.8, 4) is 0 Å². The Bertz CT molecular complexity index is 489. The predicted molar refractivity (Wildman–Crippen MR) is 55.9 cm³/mol. The van der Waals surface area contributed by atoms with E-state index in [4.69, 9.17) is 5.73 Å².